The number of carbonyl (C=O) groups is 1. The molecule has 0 bridgehead atoms. The van der Waals surface area contributed by atoms with Gasteiger partial charge in [0.2, 0.25) is 11.7 Å². The van der Waals surface area contributed by atoms with Crippen LogP contribution in [0.15, 0.2) is 35.7 Å². The maximum Gasteiger partial charge on any atom is 0.230 e. The second-order valence-corrected chi connectivity index (χ2v) is 8.17. The van der Waals surface area contributed by atoms with Crippen molar-refractivity contribution in [3.05, 3.63) is 52.5 Å². The van der Waals surface area contributed by atoms with Gasteiger partial charge in [-0.3, -0.25) is 4.79 Å². The Kier molecular flexibility index (Phi) is 7.23. The Morgan fingerprint density at radius 2 is 1.67 bits per heavy atom. The van der Waals surface area contributed by atoms with Crippen molar-refractivity contribution in [2.45, 2.75) is 18.6 Å². The zero-order valence-corrected chi connectivity index (χ0v) is 18.1. The number of phenolic OH excluding ortho intramolecular Hbond substituents is 4. The molecule has 1 aromatic heterocycles. The number of aromatic nitrogens is 1. The van der Waals surface area contributed by atoms with E-state index in [1.807, 2.05) is 30.3 Å². The SMILES string of the molecule is Nc1nc(CC(=O)Nc2c(O)c(O)c(C(O)(O)CNCCc3ccccc3)c(O)c2O)cs1. The minimum absolute atomic E-state index is 0.253. The lowest BCUT2D eigenvalue weighted by Crippen LogP contribution is -2.39. The van der Waals surface area contributed by atoms with Gasteiger partial charge in [-0.15, -0.1) is 11.3 Å². The van der Waals surface area contributed by atoms with E-state index in [-0.39, 0.29) is 11.6 Å². The number of anilines is 2. The molecule has 176 valence electrons. The van der Waals surface area contributed by atoms with Gasteiger partial charge in [-0.05, 0) is 18.5 Å². The second kappa shape index (κ2) is 9.92. The standard InChI is InChI=1S/C21H24N4O7S/c22-20-24-12(9-33-20)8-13(26)25-15-18(29)16(27)14(17(28)19(15)30)21(31,32)10-23-7-6-11-4-2-1-3-5-11/h1-5,9,23,27-32H,6-8,10H2,(H2,22,24)(H,25,26). The van der Waals surface area contributed by atoms with E-state index in [9.17, 15) is 35.4 Å². The number of hydrogen-bond acceptors (Lipinski definition) is 11. The van der Waals surface area contributed by atoms with Crippen LogP contribution in [-0.2, 0) is 23.4 Å². The molecule has 3 aromatic rings. The lowest BCUT2D eigenvalue weighted by molar-refractivity contribution is -0.167. The maximum atomic E-state index is 12.2. The minimum Gasteiger partial charge on any atom is -0.504 e. The number of amides is 1. The molecular formula is C21H24N4O7S. The number of benzene rings is 2. The fraction of sp³-hybridized carbons (Fsp3) is 0.238. The minimum atomic E-state index is -2.86. The lowest BCUT2D eigenvalue weighted by atomic mass is 10.00. The molecule has 0 spiro atoms. The van der Waals surface area contributed by atoms with E-state index >= 15 is 0 Å². The first-order chi connectivity index (χ1) is 15.6. The van der Waals surface area contributed by atoms with Gasteiger partial charge in [-0.25, -0.2) is 4.98 Å². The quantitative estimate of drug-likeness (QED) is 0.0915. The highest BCUT2D eigenvalue weighted by atomic mass is 32.1. The van der Waals surface area contributed by atoms with Gasteiger partial charge in [-0.2, -0.15) is 0 Å². The van der Waals surface area contributed by atoms with Crippen molar-refractivity contribution in [3.63, 3.8) is 0 Å². The summed E-state index contributed by atoms with van der Waals surface area (Å²) in [6.07, 6.45) is 0.312. The highest BCUT2D eigenvalue weighted by Crippen LogP contribution is 2.52. The van der Waals surface area contributed by atoms with Crippen molar-refractivity contribution in [2.24, 2.45) is 0 Å². The molecular weight excluding hydrogens is 452 g/mol. The van der Waals surface area contributed by atoms with Gasteiger partial charge < -0.3 is 47.0 Å². The second-order valence-electron chi connectivity index (χ2n) is 7.28. The van der Waals surface area contributed by atoms with E-state index in [1.165, 1.54) is 0 Å². The van der Waals surface area contributed by atoms with Gasteiger partial charge in [0.25, 0.3) is 0 Å². The van der Waals surface area contributed by atoms with Crippen molar-refractivity contribution < 1.29 is 35.4 Å². The lowest BCUT2D eigenvalue weighted by Gasteiger charge is -2.26. The fourth-order valence-corrected chi connectivity index (χ4v) is 3.74. The number of rotatable bonds is 9. The molecule has 3 rings (SSSR count). The summed E-state index contributed by atoms with van der Waals surface area (Å²) in [6.45, 7) is -0.210. The first-order valence-corrected chi connectivity index (χ1v) is 10.7. The molecule has 0 aliphatic heterocycles. The molecule has 2 aromatic carbocycles. The Labute approximate surface area is 192 Å². The number of carbonyl (C=O) groups excluding carboxylic acids is 1. The number of phenols is 4. The van der Waals surface area contributed by atoms with Crippen LogP contribution in [0.5, 0.6) is 23.0 Å². The van der Waals surface area contributed by atoms with Gasteiger partial charge in [0.15, 0.2) is 28.1 Å². The topological polar surface area (TPSA) is 201 Å². The van der Waals surface area contributed by atoms with Crippen molar-refractivity contribution in [1.82, 2.24) is 10.3 Å². The molecule has 1 amide bonds. The number of thiazole rings is 1. The van der Waals surface area contributed by atoms with Crippen LogP contribution in [0, 0.1) is 0 Å². The molecule has 0 aliphatic carbocycles. The molecule has 10 N–H and O–H groups in total. The maximum absolute atomic E-state index is 12.2. The van der Waals surface area contributed by atoms with Crippen LogP contribution in [0.2, 0.25) is 0 Å². The number of nitrogen functional groups attached to an aromatic ring is 1. The summed E-state index contributed by atoms with van der Waals surface area (Å²) < 4.78 is 0. The van der Waals surface area contributed by atoms with Crippen LogP contribution in [0.4, 0.5) is 10.8 Å². The van der Waals surface area contributed by atoms with Gasteiger partial charge >= 0.3 is 0 Å². The van der Waals surface area contributed by atoms with Crippen LogP contribution in [0.25, 0.3) is 0 Å². The van der Waals surface area contributed by atoms with Gasteiger partial charge in [0, 0.05) is 5.38 Å². The molecule has 0 fully saturated rings. The number of hydrogen-bond donors (Lipinski definition) is 9. The van der Waals surface area contributed by atoms with Crippen molar-refractivity contribution in [2.75, 3.05) is 24.1 Å². The number of nitrogens with two attached hydrogens (primary N) is 1. The number of nitrogens with zero attached hydrogens (tertiary/aromatic N) is 1. The molecule has 0 unspecified atom stereocenters. The first-order valence-electron chi connectivity index (χ1n) is 9.79. The molecule has 0 saturated carbocycles. The molecule has 0 saturated heterocycles. The summed E-state index contributed by atoms with van der Waals surface area (Å²) >= 11 is 1.12. The summed E-state index contributed by atoms with van der Waals surface area (Å²) in [6, 6.07) is 9.40. The Bertz CT molecular complexity index is 1110. The molecule has 1 heterocycles. The Morgan fingerprint density at radius 1 is 1.03 bits per heavy atom. The molecule has 0 atom stereocenters. The van der Waals surface area contributed by atoms with Gasteiger partial charge in [-0.1, -0.05) is 30.3 Å². The van der Waals surface area contributed by atoms with E-state index < -0.39 is 52.5 Å². The number of aliphatic hydroxyl groups is 2. The third-order valence-corrected chi connectivity index (χ3v) is 5.50. The van der Waals surface area contributed by atoms with Crippen LogP contribution in [0.1, 0.15) is 16.8 Å². The van der Waals surface area contributed by atoms with E-state index in [0.717, 1.165) is 16.9 Å². The molecule has 0 radical (unpaired) electrons. The molecule has 33 heavy (non-hydrogen) atoms. The fourth-order valence-electron chi connectivity index (χ4n) is 3.18. The molecule has 11 nitrogen and oxygen atoms in total. The predicted molar refractivity (Wildman–Crippen MR) is 121 cm³/mol. The average Bonchev–Trinajstić information content (AvgIpc) is 3.18. The van der Waals surface area contributed by atoms with E-state index in [1.54, 1.807) is 5.38 Å². The average molecular weight is 477 g/mol. The van der Waals surface area contributed by atoms with Crippen LogP contribution in [0.3, 0.4) is 0 Å². The summed E-state index contributed by atoms with van der Waals surface area (Å²) in [5.74, 6) is -7.94. The van der Waals surface area contributed by atoms with Gasteiger partial charge in [0.1, 0.15) is 11.3 Å². The van der Waals surface area contributed by atoms with Crippen LogP contribution < -0.4 is 16.4 Å². The number of nitrogens with one attached hydrogen (secondary N) is 2. The number of aromatic hydroxyl groups is 4. The molecule has 0 aliphatic rings. The third-order valence-electron chi connectivity index (χ3n) is 4.78. The summed E-state index contributed by atoms with van der Waals surface area (Å²) in [5, 5.41) is 68.7. The van der Waals surface area contributed by atoms with E-state index in [4.69, 9.17) is 5.73 Å². The zero-order chi connectivity index (χ0) is 24.2. The Hall–Kier alpha value is -3.58. The molecule has 12 heteroatoms. The van der Waals surface area contributed by atoms with Crippen molar-refractivity contribution in [3.8, 4) is 23.0 Å². The van der Waals surface area contributed by atoms with E-state index in [2.05, 4.69) is 15.6 Å². The third kappa shape index (κ3) is 5.62. The van der Waals surface area contributed by atoms with Crippen LogP contribution in [-0.4, -0.2) is 54.6 Å². The summed E-state index contributed by atoms with van der Waals surface area (Å²) in [4.78, 5) is 16.1. The van der Waals surface area contributed by atoms with Crippen LogP contribution >= 0.6 is 11.3 Å². The summed E-state index contributed by atoms with van der Waals surface area (Å²) in [7, 11) is 0. The predicted octanol–water partition coefficient (Wildman–Crippen LogP) is 0.699. The Morgan fingerprint density at radius 3 is 2.24 bits per heavy atom. The van der Waals surface area contributed by atoms with E-state index in [0.29, 0.717) is 18.7 Å². The Balaban J connectivity index is 1.73. The highest BCUT2D eigenvalue weighted by Gasteiger charge is 2.37. The normalized spacial score (nSPS) is 11.5. The monoisotopic (exact) mass is 476 g/mol. The highest BCUT2D eigenvalue weighted by molar-refractivity contribution is 7.13. The summed E-state index contributed by atoms with van der Waals surface area (Å²) in [5.41, 5.74) is 5.23. The largest absolute Gasteiger partial charge is 0.504 e. The van der Waals surface area contributed by atoms with Crippen molar-refractivity contribution >= 4 is 28.1 Å². The first kappa shape index (κ1) is 24.1. The smallest absolute Gasteiger partial charge is 0.230 e. The van der Waals surface area contributed by atoms with Gasteiger partial charge in [0.05, 0.1) is 18.7 Å². The zero-order valence-electron chi connectivity index (χ0n) is 17.3. The van der Waals surface area contributed by atoms with Crippen molar-refractivity contribution in [1.29, 1.82) is 0 Å².